The van der Waals surface area contributed by atoms with Crippen LogP contribution in [0.3, 0.4) is 0 Å². The van der Waals surface area contributed by atoms with E-state index in [0.29, 0.717) is 12.1 Å². The molecule has 1 nitrogen and oxygen atoms in total. The van der Waals surface area contributed by atoms with Gasteiger partial charge in [-0.1, -0.05) is 23.2 Å². The Morgan fingerprint density at radius 3 is 2.67 bits per heavy atom. The van der Waals surface area contributed by atoms with E-state index in [1.54, 1.807) is 0 Å². The molecule has 0 spiro atoms. The highest BCUT2D eigenvalue weighted by Crippen LogP contribution is 2.46. The van der Waals surface area contributed by atoms with Crippen molar-refractivity contribution in [2.45, 2.75) is 29.8 Å². The average Bonchev–Trinajstić information content (AvgIpc) is 2.91. The second-order valence-electron chi connectivity index (χ2n) is 4.08. The van der Waals surface area contributed by atoms with Crippen LogP contribution in [0.25, 0.3) is 0 Å². The molecule has 1 unspecified atom stereocenters. The number of rotatable bonds is 2. The van der Waals surface area contributed by atoms with Gasteiger partial charge in [-0.25, -0.2) is 0 Å². The number of thioether (sulfide) groups is 1. The van der Waals surface area contributed by atoms with Gasteiger partial charge in [-0.15, -0.1) is 11.8 Å². The van der Waals surface area contributed by atoms with Gasteiger partial charge in [0.1, 0.15) is 0 Å². The van der Waals surface area contributed by atoms with Crippen molar-refractivity contribution in [3.63, 3.8) is 0 Å². The standard InChI is InChI=1S/C11H11Cl2NS/c12-7-3-4-8(13)11-10(7)9(5-15-11)14-6-1-2-6/h3-4,6,9,14H,1-2,5H2. The van der Waals surface area contributed by atoms with Crippen LogP contribution >= 0.6 is 35.0 Å². The van der Waals surface area contributed by atoms with Crippen molar-refractivity contribution in [2.75, 3.05) is 5.75 Å². The fraction of sp³-hybridized carbons (Fsp3) is 0.455. The molecule has 1 fully saturated rings. The highest BCUT2D eigenvalue weighted by atomic mass is 35.5. The first-order valence-corrected chi connectivity index (χ1v) is 6.86. The first kappa shape index (κ1) is 10.3. The van der Waals surface area contributed by atoms with Gasteiger partial charge in [-0.05, 0) is 25.0 Å². The molecule has 0 aromatic heterocycles. The zero-order valence-corrected chi connectivity index (χ0v) is 10.4. The Bertz CT molecular complexity index is 404. The first-order chi connectivity index (χ1) is 7.25. The van der Waals surface area contributed by atoms with Gasteiger partial charge >= 0.3 is 0 Å². The van der Waals surface area contributed by atoms with E-state index in [4.69, 9.17) is 23.2 Å². The molecule has 0 amide bonds. The SMILES string of the molecule is Clc1ccc(Cl)c2c1SCC2NC1CC1. The van der Waals surface area contributed by atoms with Crippen LogP contribution in [0.4, 0.5) is 0 Å². The van der Waals surface area contributed by atoms with Crippen molar-refractivity contribution in [1.29, 1.82) is 0 Å². The summed E-state index contributed by atoms with van der Waals surface area (Å²) in [6.07, 6.45) is 2.60. The van der Waals surface area contributed by atoms with E-state index in [9.17, 15) is 0 Å². The third-order valence-corrected chi connectivity index (χ3v) is 4.84. The summed E-state index contributed by atoms with van der Waals surface area (Å²) in [5.41, 5.74) is 1.21. The maximum Gasteiger partial charge on any atom is 0.0546 e. The summed E-state index contributed by atoms with van der Waals surface area (Å²) in [4.78, 5) is 1.17. The second-order valence-corrected chi connectivity index (χ2v) is 5.92. The number of fused-ring (bicyclic) bond motifs is 1. The molecule has 1 aliphatic heterocycles. The van der Waals surface area contributed by atoms with Crippen LogP contribution < -0.4 is 5.32 Å². The van der Waals surface area contributed by atoms with E-state index in [0.717, 1.165) is 15.8 Å². The predicted octanol–water partition coefficient (Wildman–Crippen LogP) is 3.89. The zero-order chi connectivity index (χ0) is 10.4. The molecule has 80 valence electrons. The van der Waals surface area contributed by atoms with Crippen LogP contribution in [0, 0.1) is 0 Å². The molecule has 0 radical (unpaired) electrons. The van der Waals surface area contributed by atoms with Crippen molar-refractivity contribution in [1.82, 2.24) is 5.32 Å². The van der Waals surface area contributed by atoms with Gasteiger partial charge in [-0.2, -0.15) is 0 Å². The third kappa shape index (κ3) is 1.89. The lowest BCUT2D eigenvalue weighted by molar-refractivity contribution is 0.580. The van der Waals surface area contributed by atoms with Crippen molar-refractivity contribution < 1.29 is 0 Å². The van der Waals surface area contributed by atoms with Gasteiger partial charge in [-0.3, -0.25) is 0 Å². The van der Waals surface area contributed by atoms with Crippen LogP contribution in [0.15, 0.2) is 17.0 Å². The van der Waals surface area contributed by atoms with Crippen LogP contribution in [0.1, 0.15) is 24.4 Å². The van der Waals surface area contributed by atoms with Gasteiger partial charge in [0.15, 0.2) is 0 Å². The molecular formula is C11H11Cl2NS. The molecule has 15 heavy (non-hydrogen) atoms. The van der Waals surface area contributed by atoms with Crippen LogP contribution in [-0.2, 0) is 0 Å². The van der Waals surface area contributed by atoms with E-state index in [2.05, 4.69) is 5.32 Å². The van der Waals surface area contributed by atoms with Crippen LogP contribution in [-0.4, -0.2) is 11.8 Å². The second kappa shape index (κ2) is 3.85. The Labute approximate surface area is 104 Å². The molecule has 1 aromatic rings. The molecule has 1 saturated carbocycles. The van der Waals surface area contributed by atoms with Crippen molar-refractivity contribution in [3.8, 4) is 0 Å². The zero-order valence-electron chi connectivity index (χ0n) is 8.09. The van der Waals surface area contributed by atoms with Crippen molar-refractivity contribution in [2.24, 2.45) is 0 Å². The van der Waals surface area contributed by atoms with Gasteiger partial charge in [0, 0.05) is 33.3 Å². The maximum atomic E-state index is 6.23. The van der Waals surface area contributed by atoms with E-state index in [1.807, 2.05) is 23.9 Å². The summed E-state index contributed by atoms with van der Waals surface area (Å²) in [6, 6.07) is 4.88. The molecule has 0 saturated heterocycles. The molecule has 2 aliphatic rings. The van der Waals surface area contributed by atoms with Gasteiger partial charge in [0.25, 0.3) is 0 Å². The monoisotopic (exact) mass is 259 g/mol. The molecule has 1 aliphatic carbocycles. The normalized spacial score (nSPS) is 24.3. The van der Waals surface area contributed by atoms with E-state index in [1.165, 1.54) is 23.3 Å². The summed E-state index contributed by atoms with van der Waals surface area (Å²) in [5.74, 6) is 1.05. The predicted molar refractivity (Wildman–Crippen MR) is 66.1 cm³/mol. The minimum Gasteiger partial charge on any atom is -0.306 e. The lowest BCUT2D eigenvalue weighted by Gasteiger charge is -2.13. The Morgan fingerprint density at radius 2 is 1.93 bits per heavy atom. The smallest absolute Gasteiger partial charge is 0.0546 e. The Kier molecular flexibility index (Phi) is 2.63. The van der Waals surface area contributed by atoms with E-state index < -0.39 is 0 Å². The van der Waals surface area contributed by atoms with Crippen molar-refractivity contribution >= 4 is 35.0 Å². The highest BCUT2D eigenvalue weighted by Gasteiger charge is 2.32. The largest absolute Gasteiger partial charge is 0.306 e. The number of nitrogens with one attached hydrogen (secondary N) is 1. The molecule has 1 atom stereocenters. The summed E-state index contributed by atoms with van der Waals surface area (Å²) < 4.78 is 0. The summed E-state index contributed by atoms with van der Waals surface area (Å²) in [5, 5.41) is 5.29. The first-order valence-electron chi connectivity index (χ1n) is 5.12. The Hall–Kier alpha value is 0.110. The molecular weight excluding hydrogens is 249 g/mol. The molecule has 1 heterocycles. The number of benzene rings is 1. The minimum absolute atomic E-state index is 0.392. The van der Waals surface area contributed by atoms with Gasteiger partial charge in [0.2, 0.25) is 0 Å². The molecule has 1 N–H and O–H groups in total. The summed E-state index contributed by atoms with van der Waals surface area (Å²) in [6.45, 7) is 0. The number of hydrogen-bond donors (Lipinski definition) is 1. The van der Waals surface area contributed by atoms with Crippen LogP contribution in [0.2, 0.25) is 10.0 Å². The number of hydrogen-bond acceptors (Lipinski definition) is 2. The summed E-state index contributed by atoms with van der Waals surface area (Å²) in [7, 11) is 0. The van der Waals surface area contributed by atoms with Crippen LogP contribution in [0.5, 0.6) is 0 Å². The Morgan fingerprint density at radius 1 is 1.20 bits per heavy atom. The lowest BCUT2D eigenvalue weighted by atomic mass is 10.1. The summed E-state index contributed by atoms with van der Waals surface area (Å²) >= 11 is 14.2. The van der Waals surface area contributed by atoms with Crippen molar-refractivity contribution in [3.05, 3.63) is 27.7 Å². The molecule has 3 rings (SSSR count). The third-order valence-electron chi connectivity index (χ3n) is 2.85. The Balaban J connectivity index is 1.96. The van der Waals surface area contributed by atoms with Gasteiger partial charge in [0.05, 0.1) is 5.02 Å². The number of halogens is 2. The quantitative estimate of drug-likeness (QED) is 0.865. The molecule has 1 aromatic carbocycles. The fourth-order valence-electron chi connectivity index (χ4n) is 1.94. The molecule has 0 bridgehead atoms. The molecule has 4 heteroatoms. The van der Waals surface area contributed by atoms with E-state index in [-0.39, 0.29) is 0 Å². The fourth-order valence-corrected chi connectivity index (χ4v) is 3.82. The van der Waals surface area contributed by atoms with E-state index >= 15 is 0 Å². The highest BCUT2D eigenvalue weighted by molar-refractivity contribution is 7.99. The topological polar surface area (TPSA) is 12.0 Å². The average molecular weight is 260 g/mol. The maximum absolute atomic E-state index is 6.23. The van der Waals surface area contributed by atoms with Gasteiger partial charge < -0.3 is 5.32 Å². The minimum atomic E-state index is 0.392. The lowest BCUT2D eigenvalue weighted by Crippen LogP contribution is -2.23.